The smallest absolute Gasteiger partial charge is 0.269 e. The van der Waals surface area contributed by atoms with Gasteiger partial charge in [0.05, 0.1) is 22.9 Å². The molecule has 0 unspecified atom stereocenters. The van der Waals surface area contributed by atoms with Crippen molar-refractivity contribution in [1.29, 1.82) is 0 Å². The molecule has 0 atom stereocenters. The molecule has 10 heteroatoms. The Bertz CT molecular complexity index is 942. The molecule has 0 aromatic heterocycles. The van der Waals surface area contributed by atoms with Gasteiger partial charge in [0.1, 0.15) is 11.5 Å². The number of unbranched alkanes of at least 4 members (excludes halogenated alkanes) is 1. The number of hydrazine groups is 1. The van der Waals surface area contributed by atoms with Crippen LogP contribution in [-0.4, -0.2) is 30.6 Å². The lowest BCUT2D eigenvalue weighted by atomic mass is 10.2. The highest BCUT2D eigenvalue weighted by Gasteiger charge is 2.15. The second-order valence-electron chi connectivity index (χ2n) is 6.05. The minimum atomic E-state index is -0.450. The van der Waals surface area contributed by atoms with Crippen LogP contribution in [-0.2, 0) is 0 Å². The van der Waals surface area contributed by atoms with Crippen LogP contribution < -0.4 is 25.6 Å². The third kappa shape index (κ3) is 7.10. The summed E-state index contributed by atoms with van der Waals surface area (Å²) in [5.74, 6) is 0.282. The summed E-state index contributed by atoms with van der Waals surface area (Å²) in [4.78, 5) is 24.9. The van der Waals surface area contributed by atoms with Crippen molar-refractivity contribution >= 4 is 67.7 Å². The van der Waals surface area contributed by atoms with Gasteiger partial charge < -0.3 is 9.47 Å². The van der Waals surface area contributed by atoms with Crippen molar-refractivity contribution in [1.82, 2.24) is 16.2 Å². The normalized spacial score (nSPS) is 10.1. The lowest BCUT2D eigenvalue weighted by molar-refractivity contribution is 0.0933. The van der Waals surface area contributed by atoms with Crippen LogP contribution in [0.3, 0.4) is 0 Å². The monoisotopic (exact) mass is 605 g/mol. The molecule has 0 aliphatic carbocycles. The molecule has 0 radical (unpaired) electrons. The summed E-state index contributed by atoms with van der Waals surface area (Å²) in [5, 5.41) is 2.49. The number of nitrogens with one attached hydrogen (secondary N) is 3. The van der Waals surface area contributed by atoms with Gasteiger partial charge in [0.15, 0.2) is 5.11 Å². The second kappa shape index (κ2) is 12.1. The predicted molar refractivity (Wildman–Crippen MR) is 131 cm³/mol. The zero-order valence-electron chi connectivity index (χ0n) is 16.4. The molecule has 2 amide bonds. The topological polar surface area (TPSA) is 88.7 Å². The number of hydrogen-bond donors (Lipinski definition) is 3. The van der Waals surface area contributed by atoms with Gasteiger partial charge in [0, 0.05) is 10.0 Å². The Balaban J connectivity index is 1.96. The molecular formula is C20H21BrIN3O4S. The van der Waals surface area contributed by atoms with Gasteiger partial charge in [-0.25, -0.2) is 0 Å². The summed E-state index contributed by atoms with van der Waals surface area (Å²) in [5.41, 5.74) is 5.74. The van der Waals surface area contributed by atoms with Gasteiger partial charge >= 0.3 is 0 Å². The van der Waals surface area contributed by atoms with Crippen molar-refractivity contribution in [3.63, 3.8) is 0 Å². The number of hydrogen-bond acceptors (Lipinski definition) is 5. The number of thiocarbonyl (C=S) groups is 1. The van der Waals surface area contributed by atoms with E-state index < -0.39 is 11.8 Å². The van der Waals surface area contributed by atoms with E-state index in [2.05, 4.69) is 61.6 Å². The number of carbonyl (C=O) groups excluding carboxylic acids is 2. The fourth-order valence-corrected chi connectivity index (χ4v) is 3.57. The first-order chi connectivity index (χ1) is 14.3. The number of amides is 2. The summed E-state index contributed by atoms with van der Waals surface area (Å²) in [7, 11) is 1.56. The zero-order chi connectivity index (χ0) is 22.1. The summed E-state index contributed by atoms with van der Waals surface area (Å²) in [6, 6.07) is 10.2. The molecule has 0 bridgehead atoms. The molecule has 30 heavy (non-hydrogen) atoms. The Morgan fingerprint density at radius 1 is 1.10 bits per heavy atom. The first-order valence-electron chi connectivity index (χ1n) is 9.03. The summed E-state index contributed by atoms with van der Waals surface area (Å²) < 4.78 is 12.4. The third-order valence-corrected chi connectivity index (χ3v) is 5.41. The van der Waals surface area contributed by atoms with Crippen LogP contribution in [0.5, 0.6) is 11.5 Å². The molecule has 0 fully saturated rings. The highest BCUT2D eigenvalue weighted by Crippen LogP contribution is 2.24. The number of carbonyl (C=O) groups is 2. The highest BCUT2D eigenvalue weighted by molar-refractivity contribution is 14.1. The average molecular weight is 606 g/mol. The standard InChI is InChI=1S/C20H21BrIN3O4S/c1-3-4-9-29-16-8-6-13(21)11-14(16)19(27)23-20(30)25-24-18(26)12-5-7-17(28-2)15(22)10-12/h5-8,10-11H,3-4,9H2,1-2H3,(H,24,26)(H2,23,25,27,30). The first-order valence-corrected chi connectivity index (χ1v) is 11.3. The molecule has 3 N–H and O–H groups in total. The Morgan fingerprint density at radius 3 is 2.50 bits per heavy atom. The highest BCUT2D eigenvalue weighted by atomic mass is 127. The number of methoxy groups -OCH3 is 1. The van der Waals surface area contributed by atoms with E-state index in [0.29, 0.717) is 29.2 Å². The second-order valence-corrected chi connectivity index (χ2v) is 8.54. The summed E-state index contributed by atoms with van der Waals surface area (Å²) in [6.07, 6.45) is 1.87. The molecule has 0 saturated heterocycles. The van der Waals surface area contributed by atoms with Crippen molar-refractivity contribution in [3.05, 3.63) is 55.6 Å². The van der Waals surface area contributed by atoms with Gasteiger partial charge in [-0.05, 0) is 77.6 Å². The van der Waals surface area contributed by atoms with E-state index in [0.717, 1.165) is 20.9 Å². The molecule has 0 heterocycles. The molecule has 2 rings (SSSR count). The lowest BCUT2D eigenvalue weighted by Gasteiger charge is -2.14. The van der Waals surface area contributed by atoms with Gasteiger partial charge in [-0.3, -0.25) is 25.8 Å². The molecule has 0 aliphatic rings. The van der Waals surface area contributed by atoms with E-state index in [-0.39, 0.29) is 5.11 Å². The molecule has 7 nitrogen and oxygen atoms in total. The number of halogens is 2. The van der Waals surface area contributed by atoms with Gasteiger partial charge in [-0.2, -0.15) is 0 Å². The van der Waals surface area contributed by atoms with E-state index in [1.165, 1.54) is 0 Å². The Hall–Kier alpha value is -1.92. The molecule has 0 aliphatic heterocycles. The lowest BCUT2D eigenvalue weighted by Crippen LogP contribution is -2.48. The van der Waals surface area contributed by atoms with Crippen molar-refractivity contribution in [2.75, 3.05) is 13.7 Å². The van der Waals surface area contributed by atoms with Crippen LogP contribution in [0.4, 0.5) is 0 Å². The van der Waals surface area contributed by atoms with Gasteiger partial charge in [-0.15, -0.1) is 0 Å². The van der Waals surface area contributed by atoms with E-state index in [1.54, 1.807) is 43.5 Å². The van der Waals surface area contributed by atoms with Crippen molar-refractivity contribution in [2.45, 2.75) is 19.8 Å². The number of benzene rings is 2. The van der Waals surface area contributed by atoms with E-state index in [1.807, 2.05) is 0 Å². The summed E-state index contributed by atoms with van der Waals surface area (Å²) >= 11 is 10.5. The van der Waals surface area contributed by atoms with Gasteiger partial charge in [0.2, 0.25) is 0 Å². The minimum Gasteiger partial charge on any atom is -0.496 e. The van der Waals surface area contributed by atoms with Gasteiger partial charge in [-0.1, -0.05) is 29.3 Å². The maximum absolute atomic E-state index is 12.6. The van der Waals surface area contributed by atoms with E-state index in [4.69, 9.17) is 21.7 Å². The maximum Gasteiger partial charge on any atom is 0.269 e. The molecular weight excluding hydrogens is 585 g/mol. The van der Waals surface area contributed by atoms with Crippen LogP contribution in [0, 0.1) is 3.57 Å². The van der Waals surface area contributed by atoms with Crippen LogP contribution in [0.15, 0.2) is 40.9 Å². The Kier molecular flexibility index (Phi) is 9.79. The fourth-order valence-electron chi connectivity index (χ4n) is 2.33. The first kappa shape index (κ1) is 24.4. The van der Waals surface area contributed by atoms with Crippen LogP contribution >= 0.6 is 50.7 Å². The zero-order valence-corrected chi connectivity index (χ0v) is 20.9. The van der Waals surface area contributed by atoms with Crippen LogP contribution in [0.25, 0.3) is 0 Å². The quantitative estimate of drug-likeness (QED) is 0.190. The van der Waals surface area contributed by atoms with Crippen molar-refractivity contribution < 1.29 is 19.1 Å². The molecule has 0 saturated carbocycles. The maximum atomic E-state index is 12.6. The Morgan fingerprint density at radius 2 is 1.83 bits per heavy atom. The molecule has 2 aromatic carbocycles. The van der Waals surface area contributed by atoms with Crippen molar-refractivity contribution in [2.24, 2.45) is 0 Å². The van der Waals surface area contributed by atoms with Crippen LogP contribution in [0.2, 0.25) is 0 Å². The predicted octanol–water partition coefficient (Wildman–Crippen LogP) is 4.19. The third-order valence-electron chi connectivity index (χ3n) is 3.87. The largest absolute Gasteiger partial charge is 0.496 e. The minimum absolute atomic E-state index is 0.0453. The molecule has 0 spiro atoms. The number of rotatable bonds is 7. The SMILES string of the molecule is CCCCOc1ccc(Br)cc1C(=O)NC(=S)NNC(=O)c1ccc(OC)c(I)c1. The summed E-state index contributed by atoms with van der Waals surface area (Å²) in [6.45, 7) is 2.57. The van der Waals surface area contributed by atoms with E-state index in [9.17, 15) is 9.59 Å². The Labute approximate surface area is 202 Å². The van der Waals surface area contributed by atoms with Crippen LogP contribution in [0.1, 0.15) is 40.5 Å². The van der Waals surface area contributed by atoms with E-state index >= 15 is 0 Å². The number of ether oxygens (including phenoxy) is 2. The van der Waals surface area contributed by atoms with Gasteiger partial charge in [0.25, 0.3) is 11.8 Å². The average Bonchev–Trinajstić information content (AvgIpc) is 2.73. The van der Waals surface area contributed by atoms with Crippen molar-refractivity contribution in [3.8, 4) is 11.5 Å². The molecule has 160 valence electrons. The fraction of sp³-hybridized carbons (Fsp3) is 0.250. The molecule has 2 aromatic rings.